The minimum Gasteiger partial charge on any atom is -0.377 e. The van der Waals surface area contributed by atoms with Crippen molar-refractivity contribution in [2.45, 2.75) is 45.4 Å². The van der Waals surface area contributed by atoms with Gasteiger partial charge in [-0.1, -0.05) is 37.3 Å². The average molecular weight is 341 g/mol. The molecular formula is C20H27N3O2. The maximum atomic E-state index is 12.9. The minimum atomic E-state index is -0.0266. The van der Waals surface area contributed by atoms with E-state index in [4.69, 9.17) is 4.74 Å². The zero-order chi connectivity index (χ0) is 17.6. The third-order valence-electron chi connectivity index (χ3n) is 4.91. The fourth-order valence-corrected chi connectivity index (χ4v) is 3.51. The summed E-state index contributed by atoms with van der Waals surface area (Å²) in [4.78, 5) is 19.1. The Balaban J connectivity index is 1.66. The van der Waals surface area contributed by atoms with E-state index in [1.54, 1.807) is 11.1 Å². The van der Waals surface area contributed by atoms with E-state index in [1.165, 1.54) is 5.56 Å². The highest BCUT2D eigenvalue weighted by atomic mass is 16.5. The van der Waals surface area contributed by atoms with E-state index in [-0.39, 0.29) is 17.9 Å². The van der Waals surface area contributed by atoms with Crippen LogP contribution < -0.4 is 0 Å². The number of rotatable bonds is 6. The van der Waals surface area contributed by atoms with E-state index in [1.807, 2.05) is 31.4 Å². The molecule has 25 heavy (non-hydrogen) atoms. The van der Waals surface area contributed by atoms with Gasteiger partial charge >= 0.3 is 0 Å². The fraction of sp³-hybridized carbons (Fsp3) is 0.500. The SMILES string of the molecule is CCC1OCCCC1C(=O)N(C)Cc1nccn1Cc1ccccc1. The summed E-state index contributed by atoms with van der Waals surface area (Å²) in [6.07, 6.45) is 6.58. The molecule has 0 bridgehead atoms. The molecule has 1 fully saturated rings. The van der Waals surface area contributed by atoms with Crippen LogP contribution in [0.1, 0.15) is 37.6 Å². The second kappa shape index (κ2) is 8.30. The van der Waals surface area contributed by atoms with Crippen molar-refractivity contribution in [1.29, 1.82) is 0 Å². The summed E-state index contributed by atoms with van der Waals surface area (Å²) >= 11 is 0. The highest BCUT2D eigenvalue weighted by Crippen LogP contribution is 2.25. The third-order valence-corrected chi connectivity index (χ3v) is 4.91. The zero-order valence-corrected chi connectivity index (χ0v) is 15.1. The summed E-state index contributed by atoms with van der Waals surface area (Å²) in [5.74, 6) is 1.05. The topological polar surface area (TPSA) is 47.4 Å². The molecule has 134 valence electrons. The van der Waals surface area contributed by atoms with Gasteiger partial charge in [-0.15, -0.1) is 0 Å². The second-order valence-electron chi connectivity index (χ2n) is 6.72. The molecule has 1 aliphatic heterocycles. The van der Waals surface area contributed by atoms with E-state index in [9.17, 15) is 4.79 Å². The lowest BCUT2D eigenvalue weighted by molar-refractivity contribution is -0.144. The Labute approximate surface area is 149 Å². The number of hydrogen-bond donors (Lipinski definition) is 0. The number of benzene rings is 1. The Hall–Kier alpha value is -2.14. The number of hydrogen-bond acceptors (Lipinski definition) is 3. The number of carbonyl (C=O) groups is 1. The molecular weight excluding hydrogens is 314 g/mol. The molecule has 1 aliphatic rings. The van der Waals surface area contributed by atoms with Crippen LogP contribution in [0.3, 0.4) is 0 Å². The molecule has 0 spiro atoms. The van der Waals surface area contributed by atoms with Crippen molar-refractivity contribution in [1.82, 2.24) is 14.5 Å². The van der Waals surface area contributed by atoms with Gasteiger partial charge in [0.05, 0.1) is 18.6 Å². The molecule has 5 heteroatoms. The number of imidazole rings is 1. The van der Waals surface area contributed by atoms with Gasteiger partial charge in [0.15, 0.2) is 0 Å². The van der Waals surface area contributed by atoms with Gasteiger partial charge in [-0.25, -0.2) is 4.98 Å². The molecule has 1 aromatic carbocycles. The fourth-order valence-electron chi connectivity index (χ4n) is 3.51. The summed E-state index contributed by atoms with van der Waals surface area (Å²) in [5.41, 5.74) is 1.22. The summed E-state index contributed by atoms with van der Waals surface area (Å²) in [6.45, 7) is 4.14. The lowest BCUT2D eigenvalue weighted by Crippen LogP contribution is -2.42. The lowest BCUT2D eigenvalue weighted by Gasteiger charge is -2.32. The van der Waals surface area contributed by atoms with E-state index in [0.29, 0.717) is 6.54 Å². The normalized spacial score (nSPS) is 20.4. The summed E-state index contributed by atoms with van der Waals surface area (Å²) in [5, 5.41) is 0. The minimum absolute atomic E-state index is 0.0266. The van der Waals surface area contributed by atoms with Gasteiger partial charge in [0.2, 0.25) is 5.91 Å². The molecule has 0 saturated carbocycles. The highest BCUT2D eigenvalue weighted by molar-refractivity contribution is 5.79. The van der Waals surface area contributed by atoms with Gasteiger partial charge < -0.3 is 14.2 Å². The third kappa shape index (κ3) is 4.28. The number of ether oxygens (including phenoxy) is 1. The van der Waals surface area contributed by atoms with E-state index in [2.05, 4.69) is 28.6 Å². The van der Waals surface area contributed by atoms with Gasteiger partial charge in [-0.3, -0.25) is 4.79 Å². The van der Waals surface area contributed by atoms with Crippen LogP contribution in [0.15, 0.2) is 42.7 Å². The van der Waals surface area contributed by atoms with Crippen LogP contribution in [0.5, 0.6) is 0 Å². The van der Waals surface area contributed by atoms with Gasteiger partial charge in [-0.05, 0) is 24.8 Å². The molecule has 0 N–H and O–H groups in total. The first-order valence-electron chi connectivity index (χ1n) is 9.09. The molecule has 2 aromatic rings. The first-order chi connectivity index (χ1) is 12.2. The molecule has 1 saturated heterocycles. The largest absolute Gasteiger partial charge is 0.377 e. The standard InChI is InChI=1S/C20H27N3O2/c1-3-18-17(10-7-13-25-18)20(24)22(2)15-19-21-11-12-23(19)14-16-8-5-4-6-9-16/h4-6,8-9,11-12,17-18H,3,7,10,13-15H2,1-2H3. The Morgan fingerprint density at radius 3 is 2.92 bits per heavy atom. The lowest BCUT2D eigenvalue weighted by atomic mass is 9.91. The van der Waals surface area contributed by atoms with Crippen molar-refractivity contribution in [2.24, 2.45) is 5.92 Å². The van der Waals surface area contributed by atoms with Gasteiger partial charge in [0, 0.05) is 32.6 Å². The van der Waals surface area contributed by atoms with Crippen molar-refractivity contribution in [2.75, 3.05) is 13.7 Å². The van der Waals surface area contributed by atoms with Crippen LogP contribution in [0.2, 0.25) is 0 Å². The van der Waals surface area contributed by atoms with Crippen molar-refractivity contribution in [3.05, 3.63) is 54.1 Å². The molecule has 1 aromatic heterocycles. The molecule has 2 heterocycles. The number of amides is 1. The first kappa shape index (κ1) is 17.7. The van der Waals surface area contributed by atoms with Crippen molar-refractivity contribution in [3.8, 4) is 0 Å². The molecule has 2 unspecified atom stereocenters. The summed E-state index contributed by atoms with van der Waals surface area (Å²) in [7, 11) is 1.87. The van der Waals surface area contributed by atoms with Crippen LogP contribution >= 0.6 is 0 Å². The number of carbonyl (C=O) groups excluding carboxylic acids is 1. The summed E-state index contributed by atoms with van der Waals surface area (Å²) < 4.78 is 7.89. The monoisotopic (exact) mass is 341 g/mol. The van der Waals surface area contributed by atoms with Gasteiger partial charge in [-0.2, -0.15) is 0 Å². The Morgan fingerprint density at radius 1 is 1.36 bits per heavy atom. The van der Waals surface area contributed by atoms with E-state index in [0.717, 1.165) is 38.2 Å². The predicted molar refractivity (Wildman–Crippen MR) is 97.0 cm³/mol. The summed E-state index contributed by atoms with van der Waals surface area (Å²) in [6, 6.07) is 10.3. The Kier molecular flexibility index (Phi) is 5.87. The second-order valence-corrected chi connectivity index (χ2v) is 6.72. The van der Waals surface area contributed by atoms with Crippen LogP contribution in [0, 0.1) is 5.92 Å². The van der Waals surface area contributed by atoms with Crippen LogP contribution in [0.4, 0.5) is 0 Å². The molecule has 0 radical (unpaired) electrons. The van der Waals surface area contributed by atoms with Crippen molar-refractivity contribution < 1.29 is 9.53 Å². The molecule has 1 amide bonds. The average Bonchev–Trinajstić information content (AvgIpc) is 3.08. The van der Waals surface area contributed by atoms with Gasteiger partial charge in [0.1, 0.15) is 5.82 Å². The van der Waals surface area contributed by atoms with Crippen molar-refractivity contribution >= 4 is 5.91 Å². The molecule has 2 atom stereocenters. The molecule has 3 rings (SSSR count). The molecule has 0 aliphatic carbocycles. The highest BCUT2D eigenvalue weighted by Gasteiger charge is 2.32. The van der Waals surface area contributed by atoms with Crippen LogP contribution in [-0.4, -0.2) is 40.1 Å². The smallest absolute Gasteiger partial charge is 0.228 e. The number of aromatic nitrogens is 2. The van der Waals surface area contributed by atoms with Crippen LogP contribution in [-0.2, 0) is 22.6 Å². The first-order valence-corrected chi connectivity index (χ1v) is 9.09. The van der Waals surface area contributed by atoms with E-state index < -0.39 is 0 Å². The van der Waals surface area contributed by atoms with E-state index >= 15 is 0 Å². The molecule has 5 nitrogen and oxygen atoms in total. The zero-order valence-electron chi connectivity index (χ0n) is 15.1. The maximum absolute atomic E-state index is 12.9. The predicted octanol–water partition coefficient (Wildman–Crippen LogP) is 3.10. The Bertz CT molecular complexity index is 683. The quantitative estimate of drug-likeness (QED) is 0.811. The Morgan fingerprint density at radius 2 is 2.16 bits per heavy atom. The number of nitrogens with zero attached hydrogens (tertiary/aromatic N) is 3. The van der Waals surface area contributed by atoms with Gasteiger partial charge in [0.25, 0.3) is 0 Å². The van der Waals surface area contributed by atoms with Crippen molar-refractivity contribution in [3.63, 3.8) is 0 Å². The van der Waals surface area contributed by atoms with Crippen LogP contribution in [0.25, 0.3) is 0 Å². The maximum Gasteiger partial charge on any atom is 0.228 e.